The van der Waals surface area contributed by atoms with Gasteiger partial charge in [0.15, 0.2) is 0 Å². The summed E-state index contributed by atoms with van der Waals surface area (Å²) in [4.78, 5) is 25.1. The lowest BCUT2D eigenvalue weighted by molar-refractivity contribution is -0.129. The zero-order valence-corrected chi connectivity index (χ0v) is 12.8. The molecular formula is C15H21F2N3O2. The van der Waals surface area contributed by atoms with Gasteiger partial charge in [0.2, 0.25) is 5.91 Å². The molecule has 0 fully saturated rings. The highest BCUT2D eigenvalue weighted by Crippen LogP contribution is 2.09. The van der Waals surface area contributed by atoms with Crippen LogP contribution in [0.15, 0.2) is 18.2 Å². The molecule has 22 heavy (non-hydrogen) atoms. The summed E-state index contributed by atoms with van der Waals surface area (Å²) in [5.41, 5.74) is -0.209. The number of carbonyl (C=O) groups excluding carboxylic acids is 2. The zero-order chi connectivity index (χ0) is 16.5. The fourth-order valence-electron chi connectivity index (χ4n) is 1.81. The topological polar surface area (TPSA) is 61.4 Å². The molecule has 5 nitrogen and oxygen atoms in total. The predicted molar refractivity (Wildman–Crippen MR) is 79.5 cm³/mol. The van der Waals surface area contributed by atoms with Crippen molar-refractivity contribution >= 4 is 11.8 Å². The molecule has 0 radical (unpaired) electrons. The number of benzene rings is 1. The fraction of sp³-hybridized carbons (Fsp3) is 0.467. The van der Waals surface area contributed by atoms with Crippen LogP contribution in [-0.4, -0.2) is 50.4 Å². The van der Waals surface area contributed by atoms with E-state index in [0.717, 1.165) is 12.1 Å². The minimum absolute atomic E-state index is 0.0162. The van der Waals surface area contributed by atoms with E-state index < -0.39 is 17.5 Å². The van der Waals surface area contributed by atoms with Gasteiger partial charge in [0, 0.05) is 39.2 Å². The second-order valence-electron chi connectivity index (χ2n) is 4.90. The highest BCUT2D eigenvalue weighted by Gasteiger charge is 2.12. The highest BCUT2D eigenvalue weighted by atomic mass is 19.1. The summed E-state index contributed by atoms with van der Waals surface area (Å²) in [6.45, 7) is 1.58. The van der Waals surface area contributed by atoms with Crippen molar-refractivity contribution in [2.45, 2.75) is 12.8 Å². The van der Waals surface area contributed by atoms with Gasteiger partial charge < -0.3 is 15.5 Å². The Balaban J connectivity index is 2.32. The van der Waals surface area contributed by atoms with Gasteiger partial charge in [-0.15, -0.1) is 0 Å². The summed E-state index contributed by atoms with van der Waals surface area (Å²) in [5, 5.41) is 5.46. The normalized spacial score (nSPS) is 10.4. The summed E-state index contributed by atoms with van der Waals surface area (Å²) < 4.78 is 26.1. The SMILES string of the molecule is CNCCN(C)C(=O)CCCNC(=O)c1ccc(F)cc1F. The van der Waals surface area contributed by atoms with Crippen LogP contribution < -0.4 is 10.6 Å². The summed E-state index contributed by atoms with van der Waals surface area (Å²) in [7, 11) is 3.52. The maximum absolute atomic E-state index is 13.4. The lowest BCUT2D eigenvalue weighted by Crippen LogP contribution is -2.33. The van der Waals surface area contributed by atoms with Crippen molar-refractivity contribution in [2.24, 2.45) is 0 Å². The maximum atomic E-state index is 13.4. The standard InChI is InChI=1S/C15H21F2N3O2/c1-18-8-9-20(2)14(21)4-3-7-19-15(22)12-6-5-11(16)10-13(12)17/h5-6,10,18H,3-4,7-9H2,1-2H3,(H,19,22). The van der Waals surface area contributed by atoms with Crippen LogP contribution in [0.3, 0.4) is 0 Å². The second kappa shape index (κ2) is 9.09. The molecule has 1 aromatic rings. The molecule has 0 unspecified atom stereocenters. The Hall–Kier alpha value is -2.02. The summed E-state index contributed by atoms with van der Waals surface area (Å²) >= 11 is 0. The molecule has 122 valence electrons. The first-order valence-electron chi connectivity index (χ1n) is 7.07. The third-order valence-electron chi connectivity index (χ3n) is 3.15. The fourth-order valence-corrected chi connectivity index (χ4v) is 1.81. The van der Waals surface area contributed by atoms with Gasteiger partial charge >= 0.3 is 0 Å². The lowest BCUT2D eigenvalue weighted by atomic mass is 10.2. The average Bonchev–Trinajstić information content (AvgIpc) is 2.48. The Kier molecular flexibility index (Phi) is 7.45. The van der Waals surface area contributed by atoms with Crippen molar-refractivity contribution in [2.75, 3.05) is 33.7 Å². The monoisotopic (exact) mass is 313 g/mol. The molecule has 0 aliphatic rings. The Morgan fingerprint density at radius 3 is 2.59 bits per heavy atom. The number of hydrogen-bond acceptors (Lipinski definition) is 3. The predicted octanol–water partition coefficient (Wildman–Crippen LogP) is 1.15. The van der Waals surface area contributed by atoms with Gasteiger partial charge in [-0.2, -0.15) is 0 Å². The van der Waals surface area contributed by atoms with Gasteiger partial charge in [-0.25, -0.2) is 8.78 Å². The first kappa shape index (κ1) is 18.0. The van der Waals surface area contributed by atoms with Gasteiger partial charge in [0.25, 0.3) is 5.91 Å². The Labute approximate surface area is 128 Å². The van der Waals surface area contributed by atoms with E-state index in [1.165, 1.54) is 0 Å². The summed E-state index contributed by atoms with van der Waals surface area (Å²) in [6, 6.07) is 2.78. The van der Waals surface area contributed by atoms with E-state index in [4.69, 9.17) is 0 Å². The molecule has 0 bridgehead atoms. The average molecular weight is 313 g/mol. The van der Waals surface area contributed by atoms with Crippen LogP contribution >= 0.6 is 0 Å². The molecule has 2 amide bonds. The molecule has 0 aromatic heterocycles. The van der Waals surface area contributed by atoms with Gasteiger partial charge in [0.1, 0.15) is 11.6 Å². The van der Waals surface area contributed by atoms with E-state index in [2.05, 4.69) is 10.6 Å². The van der Waals surface area contributed by atoms with E-state index in [1.54, 1.807) is 11.9 Å². The number of nitrogens with one attached hydrogen (secondary N) is 2. The molecule has 1 rings (SSSR count). The lowest BCUT2D eigenvalue weighted by Gasteiger charge is -2.16. The Bertz CT molecular complexity index is 524. The van der Waals surface area contributed by atoms with Crippen molar-refractivity contribution in [3.63, 3.8) is 0 Å². The van der Waals surface area contributed by atoms with Crippen LogP contribution in [0.5, 0.6) is 0 Å². The molecule has 2 N–H and O–H groups in total. The first-order chi connectivity index (χ1) is 10.5. The van der Waals surface area contributed by atoms with Gasteiger partial charge in [-0.05, 0) is 25.6 Å². The van der Waals surface area contributed by atoms with E-state index in [0.29, 0.717) is 32.0 Å². The molecule has 0 heterocycles. The smallest absolute Gasteiger partial charge is 0.254 e. The quantitative estimate of drug-likeness (QED) is 0.708. The molecule has 0 spiro atoms. The van der Waals surface area contributed by atoms with Crippen LogP contribution in [0.4, 0.5) is 8.78 Å². The number of halogens is 2. The second-order valence-corrected chi connectivity index (χ2v) is 4.90. The number of likely N-dealkylation sites (N-methyl/N-ethyl adjacent to an activating group) is 2. The van der Waals surface area contributed by atoms with Crippen molar-refractivity contribution in [3.05, 3.63) is 35.4 Å². The summed E-state index contributed by atoms with van der Waals surface area (Å²) in [6.07, 6.45) is 0.754. The third-order valence-corrected chi connectivity index (χ3v) is 3.15. The van der Waals surface area contributed by atoms with Crippen LogP contribution in [0.25, 0.3) is 0 Å². The first-order valence-corrected chi connectivity index (χ1v) is 7.07. The number of rotatable bonds is 8. The number of amides is 2. The molecule has 1 aromatic carbocycles. The van der Waals surface area contributed by atoms with Gasteiger partial charge in [0.05, 0.1) is 5.56 Å². The largest absolute Gasteiger partial charge is 0.352 e. The molecule has 0 atom stereocenters. The molecule has 0 saturated carbocycles. The molecule has 0 aliphatic carbocycles. The van der Waals surface area contributed by atoms with Crippen LogP contribution in [0.1, 0.15) is 23.2 Å². The molecular weight excluding hydrogens is 292 g/mol. The maximum Gasteiger partial charge on any atom is 0.254 e. The van der Waals surface area contributed by atoms with Crippen LogP contribution in [-0.2, 0) is 4.79 Å². The van der Waals surface area contributed by atoms with Gasteiger partial charge in [-0.1, -0.05) is 0 Å². The van der Waals surface area contributed by atoms with Crippen molar-refractivity contribution in [1.29, 1.82) is 0 Å². The van der Waals surface area contributed by atoms with E-state index in [9.17, 15) is 18.4 Å². The molecule has 0 saturated heterocycles. The highest BCUT2D eigenvalue weighted by molar-refractivity contribution is 5.94. The number of nitrogens with zero attached hydrogens (tertiary/aromatic N) is 1. The van der Waals surface area contributed by atoms with Crippen molar-refractivity contribution in [3.8, 4) is 0 Å². The van der Waals surface area contributed by atoms with Crippen molar-refractivity contribution < 1.29 is 18.4 Å². The number of hydrogen-bond donors (Lipinski definition) is 2. The Morgan fingerprint density at radius 1 is 1.23 bits per heavy atom. The van der Waals surface area contributed by atoms with E-state index >= 15 is 0 Å². The van der Waals surface area contributed by atoms with Crippen LogP contribution in [0, 0.1) is 11.6 Å². The molecule has 7 heteroatoms. The van der Waals surface area contributed by atoms with Gasteiger partial charge in [-0.3, -0.25) is 9.59 Å². The zero-order valence-electron chi connectivity index (χ0n) is 12.8. The third kappa shape index (κ3) is 5.77. The minimum Gasteiger partial charge on any atom is -0.352 e. The van der Waals surface area contributed by atoms with Crippen LogP contribution in [0.2, 0.25) is 0 Å². The summed E-state index contributed by atoms with van der Waals surface area (Å²) in [5.74, 6) is -2.27. The van der Waals surface area contributed by atoms with Crippen molar-refractivity contribution in [1.82, 2.24) is 15.5 Å². The minimum atomic E-state index is -0.902. The van der Waals surface area contributed by atoms with E-state index in [1.807, 2.05) is 7.05 Å². The Morgan fingerprint density at radius 2 is 1.95 bits per heavy atom. The number of carbonyl (C=O) groups is 2. The van der Waals surface area contributed by atoms with E-state index in [-0.39, 0.29) is 18.0 Å². The molecule has 0 aliphatic heterocycles.